The zero-order valence-corrected chi connectivity index (χ0v) is 11.2. The zero-order chi connectivity index (χ0) is 15.4. The number of amidine groups is 1. The van der Waals surface area contributed by atoms with Crippen LogP contribution < -0.4 is 15.2 Å². The van der Waals surface area contributed by atoms with Crippen LogP contribution in [0.2, 0.25) is 0 Å². The third-order valence-electron chi connectivity index (χ3n) is 2.76. The van der Waals surface area contributed by atoms with Gasteiger partial charge in [-0.3, -0.25) is 15.5 Å². The number of para-hydroxylation sites is 1. The molecule has 2 rings (SSSR count). The Hall–Kier alpha value is -3.09. The van der Waals surface area contributed by atoms with E-state index in [2.05, 4.69) is 0 Å². The highest BCUT2D eigenvalue weighted by atomic mass is 16.6. The van der Waals surface area contributed by atoms with E-state index in [0.717, 1.165) is 0 Å². The number of nitrogens with one attached hydrogen (secondary N) is 1. The minimum Gasteiger partial charge on any atom is -0.493 e. The third kappa shape index (κ3) is 3.08. The van der Waals surface area contributed by atoms with Gasteiger partial charge in [-0.05, 0) is 18.2 Å². The first-order valence-electron chi connectivity index (χ1n) is 5.96. The quantitative estimate of drug-likeness (QED) is 0.380. The first kappa shape index (κ1) is 14.3. The number of non-ortho nitro benzene ring substituents is 1. The smallest absolute Gasteiger partial charge is 0.273 e. The van der Waals surface area contributed by atoms with Crippen molar-refractivity contribution in [2.75, 3.05) is 7.11 Å². The van der Waals surface area contributed by atoms with Gasteiger partial charge in [0.15, 0.2) is 11.5 Å². The molecule has 0 aliphatic rings. The summed E-state index contributed by atoms with van der Waals surface area (Å²) in [6, 6.07) is 10.7. The van der Waals surface area contributed by atoms with Crippen molar-refractivity contribution in [2.24, 2.45) is 5.73 Å². The van der Waals surface area contributed by atoms with Gasteiger partial charge in [-0.25, -0.2) is 0 Å². The Kier molecular flexibility index (Phi) is 4.03. The molecule has 2 aromatic rings. The molecule has 0 heterocycles. The Morgan fingerprint density at radius 2 is 1.90 bits per heavy atom. The monoisotopic (exact) mass is 287 g/mol. The average Bonchev–Trinajstić information content (AvgIpc) is 2.47. The van der Waals surface area contributed by atoms with Crippen LogP contribution in [0.5, 0.6) is 17.2 Å². The van der Waals surface area contributed by atoms with E-state index in [9.17, 15) is 10.1 Å². The maximum Gasteiger partial charge on any atom is 0.273 e. The van der Waals surface area contributed by atoms with Crippen molar-refractivity contribution in [3.05, 3.63) is 58.1 Å². The van der Waals surface area contributed by atoms with Crippen molar-refractivity contribution >= 4 is 11.5 Å². The SMILES string of the molecule is COc1ccc([N+](=O)[O-])cc1Oc1ccccc1C(=N)N. The van der Waals surface area contributed by atoms with E-state index >= 15 is 0 Å². The van der Waals surface area contributed by atoms with Crippen molar-refractivity contribution < 1.29 is 14.4 Å². The van der Waals surface area contributed by atoms with Crippen molar-refractivity contribution in [1.82, 2.24) is 0 Å². The maximum absolute atomic E-state index is 10.8. The number of nitrogen functional groups attached to an aromatic ring is 1. The van der Waals surface area contributed by atoms with Crippen LogP contribution >= 0.6 is 0 Å². The first-order chi connectivity index (χ1) is 10.0. The highest BCUT2D eigenvalue weighted by Crippen LogP contribution is 2.35. The summed E-state index contributed by atoms with van der Waals surface area (Å²) < 4.78 is 10.8. The van der Waals surface area contributed by atoms with E-state index in [1.807, 2.05) is 0 Å². The van der Waals surface area contributed by atoms with Crippen molar-refractivity contribution in [1.29, 1.82) is 5.41 Å². The second-order valence-corrected chi connectivity index (χ2v) is 4.10. The molecule has 0 radical (unpaired) electrons. The standard InChI is InChI=1S/C14H13N3O4/c1-20-12-7-6-9(17(18)19)8-13(12)21-11-5-3-2-4-10(11)14(15)16/h2-8H,1H3,(H3,15,16). The fourth-order valence-corrected chi connectivity index (χ4v) is 1.76. The van der Waals surface area contributed by atoms with Gasteiger partial charge in [-0.1, -0.05) is 12.1 Å². The van der Waals surface area contributed by atoms with E-state index in [4.69, 9.17) is 20.6 Å². The van der Waals surface area contributed by atoms with Crippen LogP contribution in [0.15, 0.2) is 42.5 Å². The zero-order valence-electron chi connectivity index (χ0n) is 11.2. The van der Waals surface area contributed by atoms with Gasteiger partial charge in [0.1, 0.15) is 11.6 Å². The van der Waals surface area contributed by atoms with Gasteiger partial charge in [-0.15, -0.1) is 0 Å². The molecular weight excluding hydrogens is 274 g/mol. The Morgan fingerprint density at radius 3 is 2.52 bits per heavy atom. The van der Waals surface area contributed by atoms with Gasteiger partial charge in [0.25, 0.3) is 5.69 Å². The van der Waals surface area contributed by atoms with Gasteiger partial charge in [0.2, 0.25) is 0 Å². The molecule has 0 bridgehead atoms. The molecule has 0 atom stereocenters. The van der Waals surface area contributed by atoms with Crippen molar-refractivity contribution in [3.8, 4) is 17.2 Å². The Balaban J connectivity index is 2.45. The van der Waals surface area contributed by atoms with E-state index in [0.29, 0.717) is 17.1 Å². The topological polar surface area (TPSA) is 111 Å². The van der Waals surface area contributed by atoms with E-state index in [-0.39, 0.29) is 17.3 Å². The number of hydrogen-bond acceptors (Lipinski definition) is 5. The summed E-state index contributed by atoms with van der Waals surface area (Å²) in [5.41, 5.74) is 5.76. The fraction of sp³-hybridized carbons (Fsp3) is 0.0714. The minimum absolute atomic E-state index is 0.119. The molecule has 0 fully saturated rings. The van der Waals surface area contributed by atoms with Crippen molar-refractivity contribution in [3.63, 3.8) is 0 Å². The molecule has 0 amide bonds. The molecule has 0 aromatic heterocycles. The molecule has 108 valence electrons. The number of nitrogens with zero attached hydrogens (tertiary/aromatic N) is 1. The summed E-state index contributed by atoms with van der Waals surface area (Å²) in [5.74, 6) is 0.693. The second-order valence-electron chi connectivity index (χ2n) is 4.10. The predicted octanol–water partition coefficient (Wildman–Crippen LogP) is 2.68. The lowest BCUT2D eigenvalue weighted by molar-refractivity contribution is -0.384. The largest absolute Gasteiger partial charge is 0.493 e. The lowest BCUT2D eigenvalue weighted by Crippen LogP contribution is -2.12. The van der Waals surface area contributed by atoms with E-state index in [1.54, 1.807) is 24.3 Å². The fourth-order valence-electron chi connectivity index (χ4n) is 1.76. The lowest BCUT2D eigenvalue weighted by Gasteiger charge is -2.12. The van der Waals surface area contributed by atoms with Crippen LogP contribution in [0.3, 0.4) is 0 Å². The number of nitro benzene ring substituents is 1. The Labute approximate surface area is 120 Å². The van der Waals surface area contributed by atoms with Gasteiger partial charge < -0.3 is 15.2 Å². The summed E-state index contributed by atoms with van der Waals surface area (Å²) in [5, 5.41) is 18.3. The summed E-state index contributed by atoms with van der Waals surface area (Å²) in [7, 11) is 1.44. The molecule has 7 nitrogen and oxygen atoms in total. The van der Waals surface area contributed by atoms with Gasteiger partial charge in [0.05, 0.1) is 23.7 Å². The molecule has 21 heavy (non-hydrogen) atoms. The highest BCUT2D eigenvalue weighted by Gasteiger charge is 2.15. The number of methoxy groups -OCH3 is 1. The van der Waals surface area contributed by atoms with E-state index in [1.165, 1.54) is 25.3 Å². The number of ether oxygens (including phenoxy) is 2. The molecule has 0 saturated carbocycles. The van der Waals surface area contributed by atoms with Crippen LogP contribution in [0.1, 0.15) is 5.56 Å². The number of hydrogen-bond donors (Lipinski definition) is 2. The molecule has 0 spiro atoms. The predicted molar refractivity (Wildman–Crippen MR) is 77.2 cm³/mol. The lowest BCUT2D eigenvalue weighted by atomic mass is 10.2. The van der Waals surface area contributed by atoms with Crippen LogP contribution in [0, 0.1) is 15.5 Å². The Morgan fingerprint density at radius 1 is 1.19 bits per heavy atom. The molecule has 2 aromatic carbocycles. The summed E-state index contributed by atoms with van der Waals surface area (Å²) in [6.07, 6.45) is 0. The molecule has 7 heteroatoms. The number of nitro groups is 1. The molecule has 0 saturated heterocycles. The highest BCUT2D eigenvalue weighted by molar-refractivity contribution is 5.97. The molecule has 3 N–H and O–H groups in total. The van der Waals surface area contributed by atoms with Crippen molar-refractivity contribution in [2.45, 2.75) is 0 Å². The van der Waals surface area contributed by atoms with Crippen LogP contribution in [0.4, 0.5) is 5.69 Å². The van der Waals surface area contributed by atoms with Gasteiger partial charge in [-0.2, -0.15) is 0 Å². The van der Waals surface area contributed by atoms with E-state index < -0.39 is 4.92 Å². The third-order valence-corrected chi connectivity index (χ3v) is 2.76. The molecule has 0 aliphatic heterocycles. The van der Waals surface area contributed by atoms with Crippen LogP contribution in [0.25, 0.3) is 0 Å². The molecule has 0 aliphatic carbocycles. The minimum atomic E-state index is -0.525. The molecular formula is C14H13N3O4. The summed E-state index contributed by atoms with van der Waals surface area (Å²) in [4.78, 5) is 10.3. The second kappa shape index (κ2) is 5.91. The summed E-state index contributed by atoms with van der Waals surface area (Å²) >= 11 is 0. The van der Waals surface area contributed by atoms with Gasteiger partial charge in [0, 0.05) is 6.07 Å². The average molecular weight is 287 g/mol. The van der Waals surface area contributed by atoms with Gasteiger partial charge >= 0.3 is 0 Å². The first-order valence-corrected chi connectivity index (χ1v) is 5.96. The van der Waals surface area contributed by atoms with Crippen LogP contribution in [-0.4, -0.2) is 17.9 Å². The number of benzene rings is 2. The number of nitrogens with two attached hydrogens (primary N) is 1. The van der Waals surface area contributed by atoms with Crippen LogP contribution in [-0.2, 0) is 0 Å². The molecule has 0 unspecified atom stereocenters. The normalized spacial score (nSPS) is 9.95. The summed E-state index contributed by atoms with van der Waals surface area (Å²) in [6.45, 7) is 0. The Bertz CT molecular complexity index is 700. The number of rotatable bonds is 5. The maximum atomic E-state index is 10.8.